The van der Waals surface area contributed by atoms with E-state index in [-0.39, 0.29) is 0 Å². The predicted octanol–water partition coefficient (Wildman–Crippen LogP) is 0.395. The van der Waals surface area contributed by atoms with Crippen molar-refractivity contribution in [2.24, 2.45) is 4.99 Å². The molecule has 0 aromatic rings. The average molecular weight is 175 g/mol. The monoisotopic (exact) mass is 175 g/mol. The van der Waals surface area contributed by atoms with Gasteiger partial charge in [-0.2, -0.15) is 12.6 Å². The van der Waals surface area contributed by atoms with Gasteiger partial charge in [0.2, 0.25) is 0 Å². The van der Waals surface area contributed by atoms with Crippen LogP contribution in [0.4, 0.5) is 0 Å². The fraction of sp³-hybridized carbons (Fsp3) is 0.857. The molecule has 11 heavy (non-hydrogen) atoms. The van der Waals surface area contributed by atoms with Crippen molar-refractivity contribution in [3.05, 3.63) is 0 Å². The summed E-state index contributed by atoms with van der Waals surface area (Å²) in [6.45, 7) is 0.925. The highest BCUT2D eigenvalue weighted by Gasteiger charge is 2.05. The Morgan fingerprint density at radius 1 is 1.36 bits per heavy atom. The molecule has 0 atom stereocenters. The second-order valence-corrected chi connectivity index (χ2v) is 3.01. The van der Waals surface area contributed by atoms with Crippen molar-refractivity contribution in [3.8, 4) is 0 Å². The van der Waals surface area contributed by atoms with Gasteiger partial charge in [-0.25, -0.2) is 0 Å². The van der Waals surface area contributed by atoms with Gasteiger partial charge in [-0.1, -0.05) is 0 Å². The summed E-state index contributed by atoms with van der Waals surface area (Å²) in [6.07, 6.45) is 0. The maximum Gasteiger partial charge on any atom is 0.195 e. The lowest BCUT2D eigenvalue weighted by Gasteiger charge is -2.25. The molecule has 0 saturated carbocycles. The Hall–Kier alpha value is -0.380. The summed E-state index contributed by atoms with van der Waals surface area (Å²) >= 11 is 4.15. The van der Waals surface area contributed by atoms with Crippen molar-refractivity contribution < 1.29 is 0 Å². The van der Waals surface area contributed by atoms with Gasteiger partial charge in [-0.15, -0.1) is 0 Å². The molecule has 0 aliphatic rings. The van der Waals surface area contributed by atoms with Crippen LogP contribution in [0.15, 0.2) is 4.99 Å². The molecule has 0 aliphatic heterocycles. The van der Waals surface area contributed by atoms with Crippen LogP contribution in [-0.2, 0) is 0 Å². The number of aliphatic imine (C=N–C) groups is 1. The zero-order chi connectivity index (χ0) is 8.85. The van der Waals surface area contributed by atoms with E-state index >= 15 is 0 Å². The molecule has 3 nitrogen and oxygen atoms in total. The van der Waals surface area contributed by atoms with Crippen LogP contribution in [0.5, 0.6) is 0 Å². The molecule has 0 fully saturated rings. The number of rotatable bonds is 2. The minimum absolute atomic E-state index is 0.851. The Morgan fingerprint density at radius 2 is 1.91 bits per heavy atom. The van der Waals surface area contributed by atoms with Crippen molar-refractivity contribution in [2.75, 3.05) is 40.5 Å². The van der Waals surface area contributed by atoms with E-state index in [0.717, 1.165) is 18.3 Å². The van der Waals surface area contributed by atoms with E-state index in [9.17, 15) is 0 Å². The molecule has 0 amide bonds. The van der Waals surface area contributed by atoms with E-state index in [4.69, 9.17) is 0 Å². The van der Waals surface area contributed by atoms with E-state index in [0.29, 0.717) is 0 Å². The molecule has 0 aliphatic carbocycles. The maximum atomic E-state index is 4.15. The first kappa shape index (κ1) is 10.6. The highest BCUT2D eigenvalue weighted by Crippen LogP contribution is 1.91. The van der Waals surface area contributed by atoms with Gasteiger partial charge in [0.1, 0.15) is 0 Å². The van der Waals surface area contributed by atoms with Gasteiger partial charge in [0.25, 0.3) is 0 Å². The summed E-state index contributed by atoms with van der Waals surface area (Å²) in [5.74, 6) is 1.84. The van der Waals surface area contributed by atoms with Crippen LogP contribution >= 0.6 is 12.6 Å². The maximum absolute atomic E-state index is 4.15. The molecule has 0 saturated heterocycles. The topological polar surface area (TPSA) is 18.8 Å². The van der Waals surface area contributed by atoms with E-state index < -0.39 is 0 Å². The summed E-state index contributed by atoms with van der Waals surface area (Å²) in [5, 5.41) is 0. The molecule has 0 aromatic carbocycles. The van der Waals surface area contributed by atoms with Gasteiger partial charge < -0.3 is 9.80 Å². The highest BCUT2D eigenvalue weighted by molar-refractivity contribution is 7.80. The quantitative estimate of drug-likeness (QED) is 0.372. The lowest BCUT2D eigenvalue weighted by Crippen LogP contribution is -2.38. The van der Waals surface area contributed by atoms with Crippen LogP contribution in [0.3, 0.4) is 0 Å². The van der Waals surface area contributed by atoms with Crippen LogP contribution < -0.4 is 0 Å². The molecule has 0 spiro atoms. The van der Waals surface area contributed by atoms with Crippen LogP contribution in [-0.4, -0.2) is 56.2 Å². The molecule has 0 heterocycles. The Morgan fingerprint density at radius 3 is 2.18 bits per heavy atom. The Labute approximate surface area is 74.5 Å². The highest BCUT2D eigenvalue weighted by atomic mass is 32.1. The first-order valence-electron chi connectivity index (χ1n) is 3.59. The summed E-state index contributed by atoms with van der Waals surface area (Å²) in [4.78, 5) is 8.21. The Bertz CT molecular complexity index is 134. The minimum atomic E-state index is 0.851. The third-order valence-electron chi connectivity index (χ3n) is 1.38. The van der Waals surface area contributed by atoms with Crippen LogP contribution in [0.2, 0.25) is 0 Å². The Balaban J connectivity index is 4.04. The molecular formula is C7H17N3S. The molecule has 0 rings (SSSR count). The molecule has 0 radical (unpaired) electrons. The van der Waals surface area contributed by atoms with Gasteiger partial charge >= 0.3 is 0 Å². The second-order valence-electron chi connectivity index (χ2n) is 2.56. The summed E-state index contributed by atoms with van der Waals surface area (Å²) in [7, 11) is 7.78. The van der Waals surface area contributed by atoms with Crippen LogP contribution in [0.1, 0.15) is 0 Å². The predicted molar refractivity (Wildman–Crippen MR) is 53.5 cm³/mol. The van der Waals surface area contributed by atoms with E-state index in [1.807, 2.05) is 26.0 Å². The second kappa shape index (κ2) is 5.29. The van der Waals surface area contributed by atoms with E-state index in [1.54, 1.807) is 7.05 Å². The standard InChI is InChI=1S/C7H17N3S/c1-8-7(9(2)3)10(4)5-6-11/h11H,5-6H2,1-4H3/b8-7+. The first-order chi connectivity index (χ1) is 5.13. The zero-order valence-electron chi connectivity index (χ0n) is 7.70. The van der Waals surface area contributed by atoms with Crippen LogP contribution in [0, 0.1) is 0 Å². The molecule has 0 unspecified atom stereocenters. The van der Waals surface area contributed by atoms with Gasteiger partial charge in [0.05, 0.1) is 0 Å². The number of nitrogens with zero attached hydrogens (tertiary/aromatic N) is 3. The molecule has 66 valence electrons. The zero-order valence-corrected chi connectivity index (χ0v) is 8.60. The lowest BCUT2D eigenvalue weighted by atomic mass is 10.6. The fourth-order valence-electron chi connectivity index (χ4n) is 0.962. The third kappa shape index (κ3) is 3.51. The molecule has 0 bridgehead atoms. The van der Waals surface area contributed by atoms with Gasteiger partial charge in [0, 0.05) is 40.5 Å². The van der Waals surface area contributed by atoms with Gasteiger partial charge in [-0.05, 0) is 0 Å². The number of hydrogen-bond donors (Lipinski definition) is 1. The SMILES string of the molecule is C/N=C(\N(C)C)N(C)CCS. The number of thiol groups is 1. The molecular weight excluding hydrogens is 158 g/mol. The normalized spacial score (nSPS) is 11.5. The number of guanidine groups is 1. The lowest BCUT2D eigenvalue weighted by molar-refractivity contribution is 0.443. The molecule has 0 aromatic heterocycles. The van der Waals surface area contributed by atoms with Gasteiger partial charge in [-0.3, -0.25) is 4.99 Å². The van der Waals surface area contributed by atoms with Crippen molar-refractivity contribution in [1.29, 1.82) is 0 Å². The summed E-state index contributed by atoms with van der Waals surface area (Å²) in [6, 6.07) is 0. The van der Waals surface area contributed by atoms with Crippen molar-refractivity contribution >= 4 is 18.6 Å². The van der Waals surface area contributed by atoms with Crippen LogP contribution in [0.25, 0.3) is 0 Å². The van der Waals surface area contributed by atoms with Crippen molar-refractivity contribution in [2.45, 2.75) is 0 Å². The smallest absolute Gasteiger partial charge is 0.195 e. The number of hydrogen-bond acceptors (Lipinski definition) is 2. The summed E-state index contributed by atoms with van der Waals surface area (Å²) < 4.78 is 0. The average Bonchev–Trinajstić information content (AvgIpc) is 1.88. The van der Waals surface area contributed by atoms with Gasteiger partial charge in [0.15, 0.2) is 5.96 Å². The third-order valence-corrected chi connectivity index (χ3v) is 1.58. The van der Waals surface area contributed by atoms with Crippen molar-refractivity contribution in [3.63, 3.8) is 0 Å². The van der Waals surface area contributed by atoms with E-state index in [1.165, 1.54) is 0 Å². The van der Waals surface area contributed by atoms with E-state index in [2.05, 4.69) is 22.5 Å². The summed E-state index contributed by atoms with van der Waals surface area (Å²) in [5.41, 5.74) is 0. The fourth-order valence-corrected chi connectivity index (χ4v) is 1.26. The minimum Gasteiger partial charge on any atom is -0.349 e. The largest absolute Gasteiger partial charge is 0.349 e. The molecule has 0 N–H and O–H groups in total. The van der Waals surface area contributed by atoms with Crippen molar-refractivity contribution in [1.82, 2.24) is 9.80 Å². The first-order valence-corrected chi connectivity index (χ1v) is 4.22. The molecule has 4 heteroatoms. The Kier molecular flexibility index (Phi) is 5.11.